The van der Waals surface area contributed by atoms with Gasteiger partial charge < -0.3 is 10.2 Å². The van der Waals surface area contributed by atoms with E-state index >= 15 is 0 Å². The summed E-state index contributed by atoms with van der Waals surface area (Å²) in [5.41, 5.74) is 4.11. The van der Waals surface area contributed by atoms with E-state index in [9.17, 15) is 0 Å². The molecule has 0 aliphatic rings. The summed E-state index contributed by atoms with van der Waals surface area (Å²) in [7, 11) is 0. The number of pyridine rings is 1. The van der Waals surface area contributed by atoms with Crippen LogP contribution in [0.25, 0.3) is 11.6 Å². The van der Waals surface area contributed by atoms with Crippen molar-refractivity contribution in [2.75, 3.05) is 0 Å². The van der Waals surface area contributed by atoms with E-state index < -0.39 is 11.9 Å². The SMILES string of the molecule is CC(=O)O.CC(=O)O.Cc1cc(C)n(-c2cccc(-n3nc(C)cc3C)n2)n1.[Cu]. The fraction of sp³-hybridized carbons (Fsp3) is 0.316. The average molecular weight is 451 g/mol. The summed E-state index contributed by atoms with van der Waals surface area (Å²) in [5.74, 6) is -0.0543. The zero-order chi connectivity index (χ0) is 21.4. The van der Waals surface area contributed by atoms with Crippen LogP contribution in [0.5, 0.6) is 0 Å². The summed E-state index contributed by atoms with van der Waals surface area (Å²) < 4.78 is 3.70. The van der Waals surface area contributed by atoms with Crippen molar-refractivity contribution >= 4 is 11.9 Å². The molecule has 0 spiro atoms. The summed E-state index contributed by atoms with van der Waals surface area (Å²) in [4.78, 5) is 22.7. The Morgan fingerprint density at radius 3 is 1.34 bits per heavy atom. The average Bonchev–Trinajstić information content (AvgIpc) is 3.07. The quantitative estimate of drug-likeness (QED) is 0.575. The van der Waals surface area contributed by atoms with Gasteiger partial charge in [-0.05, 0) is 52.0 Å². The molecule has 3 aromatic heterocycles. The maximum atomic E-state index is 9.00. The Balaban J connectivity index is 0.000000752. The Hall–Kier alpha value is -2.97. The number of rotatable bonds is 2. The number of aliphatic carboxylic acids is 2. The van der Waals surface area contributed by atoms with Crippen LogP contribution < -0.4 is 0 Å². The molecule has 3 rings (SSSR count). The first-order chi connectivity index (χ1) is 13.0. The molecule has 0 amide bonds. The van der Waals surface area contributed by atoms with Crippen LogP contribution in [0.15, 0.2) is 30.3 Å². The first kappa shape index (κ1) is 26.0. The van der Waals surface area contributed by atoms with Crippen LogP contribution in [0.4, 0.5) is 0 Å². The van der Waals surface area contributed by atoms with Crippen molar-refractivity contribution in [2.45, 2.75) is 41.5 Å². The molecule has 2 N–H and O–H groups in total. The van der Waals surface area contributed by atoms with Crippen LogP contribution >= 0.6 is 0 Å². The maximum absolute atomic E-state index is 9.00. The molecule has 0 unspecified atom stereocenters. The molecule has 3 aromatic rings. The molecular formula is C19H25CuN5O4. The molecular weight excluding hydrogens is 426 g/mol. The van der Waals surface area contributed by atoms with E-state index in [-0.39, 0.29) is 17.1 Å². The second kappa shape index (κ2) is 11.8. The van der Waals surface area contributed by atoms with Crippen molar-refractivity contribution in [3.8, 4) is 11.6 Å². The van der Waals surface area contributed by atoms with Gasteiger partial charge in [0.15, 0.2) is 11.6 Å². The van der Waals surface area contributed by atoms with E-state index in [0.717, 1.165) is 48.3 Å². The molecule has 161 valence electrons. The van der Waals surface area contributed by atoms with Crippen molar-refractivity contribution in [3.63, 3.8) is 0 Å². The Morgan fingerprint density at radius 2 is 1.10 bits per heavy atom. The van der Waals surface area contributed by atoms with Gasteiger partial charge in [-0.3, -0.25) is 9.59 Å². The van der Waals surface area contributed by atoms with E-state index in [4.69, 9.17) is 19.8 Å². The van der Waals surface area contributed by atoms with Gasteiger partial charge in [-0.1, -0.05) is 6.07 Å². The molecule has 0 fully saturated rings. The van der Waals surface area contributed by atoms with E-state index in [1.54, 1.807) is 0 Å². The smallest absolute Gasteiger partial charge is 0.300 e. The minimum Gasteiger partial charge on any atom is -0.481 e. The largest absolute Gasteiger partial charge is 0.481 e. The Morgan fingerprint density at radius 1 is 0.793 bits per heavy atom. The zero-order valence-corrected chi connectivity index (χ0v) is 18.1. The Bertz CT molecular complexity index is 884. The Kier molecular flexibility index (Phi) is 10.6. The second-order valence-corrected chi connectivity index (χ2v) is 6.07. The van der Waals surface area contributed by atoms with Gasteiger partial charge in [-0.2, -0.15) is 10.2 Å². The van der Waals surface area contributed by atoms with E-state index in [1.165, 1.54) is 0 Å². The third-order valence-electron chi connectivity index (χ3n) is 3.17. The number of nitrogens with zero attached hydrogens (tertiary/aromatic N) is 5. The monoisotopic (exact) mass is 450 g/mol. The first-order valence-electron chi connectivity index (χ1n) is 8.44. The number of aromatic nitrogens is 5. The molecule has 1 radical (unpaired) electrons. The number of carboxylic acids is 2. The predicted octanol–water partition coefficient (Wildman–Crippen LogP) is 2.87. The van der Waals surface area contributed by atoms with Gasteiger partial charge in [-0.15, -0.1) is 0 Å². The number of carboxylic acid groups (broad SMARTS) is 2. The second-order valence-electron chi connectivity index (χ2n) is 6.07. The molecule has 10 heteroatoms. The van der Waals surface area contributed by atoms with Gasteiger partial charge in [0.05, 0.1) is 11.4 Å². The number of hydrogen-bond acceptors (Lipinski definition) is 5. The van der Waals surface area contributed by atoms with Crippen LogP contribution in [-0.2, 0) is 26.7 Å². The van der Waals surface area contributed by atoms with Crippen molar-refractivity contribution in [1.82, 2.24) is 24.5 Å². The van der Waals surface area contributed by atoms with Crippen LogP contribution in [0.3, 0.4) is 0 Å². The third kappa shape index (κ3) is 8.71. The van der Waals surface area contributed by atoms with Gasteiger partial charge in [0.25, 0.3) is 11.9 Å². The molecule has 0 saturated carbocycles. The fourth-order valence-electron chi connectivity index (χ4n) is 2.37. The van der Waals surface area contributed by atoms with Gasteiger partial charge in [0.1, 0.15) is 0 Å². The van der Waals surface area contributed by atoms with Gasteiger partial charge in [0, 0.05) is 42.3 Å². The van der Waals surface area contributed by atoms with Crippen molar-refractivity contribution in [3.05, 3.63) is 53.1 Å². The molecule has 0 bridgehead atoms. The zero-order valence-electron chi connectivity index (χ0n) is 17.1. The predicted molar refractivity (Wildman–Crippen MR) is 104 cm³/mol. The minimum atomic E-state index is -0.833. The van der Waals surface area contributed by atoms with Crippen LogP contribution in [0.1, 0.15) is 36.6 Å². The molecule has 0 atom stereocenters. The molecule has 3 heterocycles. The standard InChI is InChI=1S/C15H17N5.2C2H4O2.Cu/c1-10-8-12(3)19(17-10)14-6-5-7-15(16-14)20-13(4)9-11(2)18-20;2*1-2(3)4;/h5-9H,1-4H3;2*1H3,(H,3,4);. The van der Waals surface area contributed by atoms with Crippen molar-refractivity contribution in [2.24, 2.45) is 0 Å². The maximum Gasteiger partial charge on any atom is 0.300 e. The number of hydrogen-bond donors (Lipinski definition) is 2. The van der Waals surface area contributed by atoms with Crippen LogP contribution in [0.2, 0.25) is 0 Å². The topological polar surface area (TPSA) is 123 Å². The van der Waals surface area contributed by atoms with Crippen LogP contribution in [-0.4, -0.2) is 46.7 Å². The molecule has 0 aliphatic carbocycles. The molecule has 0 aliphatic heterocycles. The van der Waals surface area contributed by atoms with E-state index in [0.29, 0.717) is 0 Å². The van der Waals surface area contributed by atoms with Crippen LogP contribution in [0, 0.1) is 27.7 Å². The number of aryl methyl sites for hydroxylation is 4. The minimum absolute atomic E-state index is 0. The van der Waals surface area contributed by atoms with E-state index in [2.05, 4.69) is 15.2 Å². The number of carbonyl (C=O) groups is 2. The molecule has 29 heavy (non-hydrogen) atoms. The van der Waals surface area contributed by atoms with E-state index in [1.807, 2.05) is 67.4 Å². The fourth-order valence-corrected chi connectivity index (χ4v) is 2.37. The van der Waals surface area contributed by atoms with Gasteiger partial charge in [0.2, 0.25) is 0 Å². The normalized spacial score (nSPS) is 9.31. The molecule has 0 saturated heterocycles. The summed E-state index contributed by atoms with van der Waals surface area (Å²) in [6.45, 7) is 10.2. The summed E-state index contributed by atoms with van der Waals surface area (Å²) in [6.07, 6.45) is 0. The summed E-state index contributed by atoms with van der Waals surface area (Å²) >= 11 is 0. The van der Waals surface area contributed by atoms with Crippen molar-refractivity contribution in [1.29, 1.82) is 0 Å². The van der Waals surface area contributed by atoms with Crippen molar-refractivity contribution < 1.29 is 36.9 Å². The summed E-state index contributed by atoms with van der Waals surface area (Å²) in [6, 6.07) is 9.96. The molecule has 9 nitrogen and oxygen atoms in total. The summed E-state index contributed by atoms with van der Waals surface area (Å²) in [5, 5.41) is 23.8. The van der Waals surface area contributed by atoms with Gasteiger partial charge >= 0.3 is 0 Å². The first-order valence-corrected chi connectivity index (χ1v) is 8.44. The Labute approximate surface area is 179 Å². The molecule has 0 aromatic carbocycles. The van der Waals surface area contributed by atoms with Gasteiger partial charge in [-0.25, -0.2) is 14.3 Å². The third-order valence-corrected chi connectivity index (χ3v) is 3.17.